The molecular formula is C21H30N6OS. The number of amidine groups is 1. The summed E-state index contributed by atoms with van der Waals surface area (Å²) in [6.07, 6.45) is 6.11. The maximum atomic E-state index is 12.1. The number of amides is 1. The van der Waals surface area contributed by atoms with Crippen molar-refractivity contribution in [1.82, 2.24) is 26.1 Å². The van der Waals surface area contributed by atoms with Gasteiger partial charge in [0.25, 0.3) is 0 Å². The van der Waals surface area contributed by atoms with Crippen molar-refractivity contribution in [3.8, 4) is 0 Å². The van der Waals surface area contributed by atoms with Gasteiger partial charge in [-0.1, -0.05) is 36.9 Å². The van der Waals surface area contributed by atoms with E-state index in [0.717, 1.165) is 18.0 Å². The Morgan fingerprint density at radius 2 is 2.17 bits per heavy atom. The molecule has 4 unspecified atom stereocenters. The lowest BCUT2D eigenvalue weighted by Crippen LogP contribution is -2.54. The van der Waals surface area contributed by atoms with Gasteiger partial charge in [0.2, 0.25) is 5.91 Å². The first-order valence-electron chi connectivity index (χ1n) is 10.3. The topological polar surface area (TPSA) is 72.0 Å². The Bertz CT molecular complexity index is 840. The number of aryl methyl sites for hydroxylation is 2. The van der Waals surface area contributed by atoms with Crippen LogP contribution in [0.25, 0.3) is 0 Å². The van der Waals surface area contributed by atoms with Gasteiger partial charge in [0, 0.05) is 18.4 Å². The van der Waals surface area contributed by atoms with Crippen molar-refractivity contribution in [3.63, 3.8) is 0 Å². The maximum Gasteiger partial charge on any atom is 0.230 e. The Kier molecular flexibility index (Phi) is 5.74. The molecule has 1 aromatic rings. The van der Waals surface area contributed by atoms with Crippen molar-refractivity contribution < 1.29 is 4.79 Å². The molecule has 156 valence electrons. The largest absolute Gasteiger partial charge is 0.353 e. The van der Waals surface area contributed by atoms with Crippen LogP contribution in [0.2, 0.25) is 0 Å². The number of hydrogen-bond acceptors (Lipinski definition) is 7. The van der Waals surface area contributed by atoms with Gasteiger partial charge in [-0.2, -0.15) is 5.10 Å². The normalized spacial score (nSPS) is 25.9. The molecular weight excluding hydrogens is 384 g/mol. The first kappa shape index (κ1) is 20.1. The van der Waals surface area contributed by atoms with Gasteiger partial charge in [-0.05, 0) is 50.3 Å². The average Bonchev–Trinajstić information content (AvgIpc) is 3.32. The quantitative estimate of drug-likeness (QED) is 0.688. The van der Waals surface area contributed by atoms with Crippen LogP contribution in [0.15, 0.2) is 35.7 Å². The van der Waals surface area contributed by atoms with Crippen LogP contribution < -0.4 is 16.2 Å². The molecule has 1 amide bonds. The Balaban J connectivity index is 1.37. The molecule has 0 radical (unpaired) electrons. The highest BCUT2D eigenvalue weighted by atomic mass is 32.2. The third-order valence-corrected chi connectivity index (χ3v) is 6.96. The molecule has 29 heavy (non-hydrogen) atoms. The molecule has 0 bridgehead atoms. The lowest BCUT2D eigenvalue weighted by Gasteiger charge is -2.36. The summed E-state index contributed by atoms with van der Waals surface area (Å²) in [6.45, 7) is 8.40. The molecule has 3 N–H and O–H groups in total. The summed E-state index contributed by atoms with van der Waals surface area (Å²) in [7, 11) is 0. The van der Waals surface area contributed by atoms with E-state index in [2.05, 4.69) is 76.3 Å². The number of benzene rings is 1. The lowest BCUT2D eigenvalue weighted by molar-refractivity contribution is -0.119. The van der Waals surface area contributed by atoms with Crippen molar-refractivity contribution >= 4 is 22.8 Å². The molecule has 1 aromatic carbocycles. The van der Waals surface area contributed by atoms with Gasteiger partial charge in [-0.15, -0.1) is 0 Å². The Labute approximate surface area is 176 Å². The fraction of sp³-hybridized carbons (Fsp3) is 0.524. The first-order chi connectivity index (χ1) is 14.0. The van der Waals surface area contributed by atoms with Crippen LogP contribution in [-0.4, -0.2) is 45.0 Å². The molecule has 0 aromatic heterocycles. The van der Waals surface area contributed by atoms with Crippen molar-refractivity contribution in [2.75, 3.05) is 5.75 Å². The molecule has 3 aliphatic heterocycles. The van der Waals surface area contributed by atoms with Crippen LogP contribution >= 0.6 is 11.8 Å². The maximum absolute atomic E-state index is 12.1. The zero-order valence-electron chi connectivity index (χ0n) is 17.5. The van der Waals surface area contributed by atoms with Crippen molar-refractivity contribution in [1.29, 1.82) is 0 Å². The number of hydrazine groups is 1. The third kappa shape index (κ3) is 4.09. The fourth-order valence-electron chi connectivity index (χ4n) is 3.90. The number of nitrogens with zero attached hydrogens (tertiary/aromatic N) is 3. The molecule has 0 saturated carbocycles. The molecule has 4 atom stereocenters. The molecule has 0 aliphatic carbocycles. The zero-order chi connectivity index (χ0) is 20.5. The van der Waals surface area contributed by atoms with E-state index in [9.17, 15) is 4.79 Å². The van der Waals surface area contributed by atoms with Gasteiger partial charge in [-0.3, -0.25) is 10.2 Å². The number of hydrogen-bond donors (Lipinski definition) is 3. The number of fused-ring (bicyclic) bond motifs is 3. The molecule has 7 nitrogen and oxygen atoms in total. The Morgan fingerprint density at radius 3 is 2.93 bits per heavy atom. The van der Waals surface area contributed by atoms with Gasteiger partial charge >= 0.3 is 0 Å². The summed E-state index contributed by atoms with van der Waals surface area (Å²) in [4.78, 5) is 14.2. The van der Waals surface area contributed by atoms with Gasteiger partial charge in [0.1, 0.15) is 6.17 Å². The van der Waals surface area contributed by atoms with Crippen molar-refractivity contribution in [3.05, 3.63) is 47.3 Å². The van der Waals surface area contributed by atoms with Gasteiger partial charge in [-0.25, -0.2) is 5.43 Å². The number of hydrazone groups is 1. The van der Waals surface area contributed by atoms with E-state index in [4.69, 9.17) is 0 Å². The first-order valence-corrected chi connectivity index (χ1v) is 11.3. The highest BCUT2D eigenvalue weighted by molar-refractivity contribution is 8.14. The summed E-state index contributed by atoms with van der Waals surface area (Å²) < 4.78 is 0. The smallest absolute Gasteiger partial charge is 0.230 e. The summed E-state index contributed by atoms with van der Waals surface area (Å²) in [5, 5.41) is 10.5. The van der Waals surface area contributed by atoms with E-state index in [1.165, 1.54) is 28.5 Å². The Hall–Kier alpha value is -2.19. The van der Waals surface area contributed by atoms with Gasteiger partial charge in [0.15, 0.2) is 5.17 Å². The highest BCUT2D eigenvalue weighted by Crippen LogP contribution is 2.35. The van der Waals surface area contributed by atoms with Crippen LogP contribution in [0.1, 0.15) is 49.4 Å². The predicted octanol–water partition coefficient (Wildman–Crippen LogP) is 2.56. The highest BCUT2D eigenvalue weighted by Gasteiger charge is 2.44. The van der Waals surface area contributed by atoms with E-state index >= 15 is 0 Å². The molecule has 1 fully saturated rings. The second-order valence-corrected chi connectivity index (χ2v) is 9.02. The minimum absolute atomic E-state index is 0.0513. The van der Waals surface area contributed by atoms with Crippen LogP contribution in [-0.2, 0) is 4.79 Å². The SMILES string of the molecule is CCC(C)NC(=O)CSC1=NNC2C3CC(c4ccc(C)c(C)c4)NN3C=CN12. The molecule has 1 saturated heterocycles. The fourth-order valence-corrected chi connectivity index (χ4v) is 4.68. The van der Waals surface area contributed by atoms with E-state index in [-0.39, 0.29) is 30.2 Å². The van der Waals surface area contributed by atoms with Crippen LogP contribution in [0.5, 0.6) is 0 Å². The number of nitrogens with one attached hydrogen (secondary N) is 3. The summed E-state index contributed by atoms with van der Waals surface area (Å²) in [5.74, 6) is 0.426. The molecule has 8 heteroatoms. The standard InChI is InChI=1S/C21H30N6OS/c1-5-15(4)22-19(28)12-29-21-24-23-20-18-11-17(25-27(18)9-8-26(20)21)16-7-6-13(2)14(3)10-16/h6-10,15,17-18,20,23,25H,5,11-12H2,1-4H3,(H,22,28). The Morgan fingerprint density at radius 1 is 1.34 bits per heavy atom. The number of carbonyl (C=O) groups excluding carboxylic acids is 1. The minimum atomic E-state index is 0.0513. The molecule has 4 rings (SSSR count). The summed E-state index contributed by atoms with van der Waals surface area (Å²) in [6, 6.07) is 7.45. The molecule has 0 spiro atoms. The zero-order valence-corrected chi connectivity index (χ0v) is 18.3. The minimum Gasteiger partial charge on any atom is -0.353 e. The van der Waals surface area contributed by atoms with Crippen molar-refractivity contribution in [2.24, 2.45) is 5.10 Å². The lowest BCUT2D eigenvalue weighted by atomic mass is 9.97. The summed E-state index contributed by atoms with van der Waals surface area (Å²) in [5.41, 5.74) is 10.9. The third-order valence-electron chi connectivity index (χ3n) is 5.99. The van der Waals surface area contributed by atoms with E-state index in [1.54, 1.807) is 0 Å². The predicted molar refractivity (Wildman–Crippen MR) is 118 cm³/mol. The second kappa shape index (κ2) is 8.28. The van der Waals surface area contributed by atoms with Crippen LogP contribution in [0, 0.1) is 13.8 Å². The van der Waals surface area contributed by atoms with Crippen molar-refractivity contribution in [2.45, 2.75) is 64.8 Å². The number of carbonyl (C=O) groups is 1. The van der Waals surface area contributed by atoms with Crippen LogP contribution in [0.3, 0.4) is 0 Å². The molecule has 3 heterocycles. The average molecular weight is 415 g/mol. The van der Waals surface area contributed by atoms with E-state index < -0.39 is 0 Å². The van der Waals surface area contributed by atoms with E-state index in [0.29, 0.717) is 5.75 Å². The second-order valence-electron chi connectivity index (χ2n) is 8.07. The number of rotatable bonds is 5. The van der Waals surface area contributed by atoms with E-state index in [1.807, 2.05) is 13.1 Å². The van der Waals surface area contributed by atoms with Gasteiger partial charge < -0.3 is 15.2 Å². The molecule has 3 aliphatic rings. The number of thioether (sulfide) groups is 1. The monoisotopic (exact) mass is 414 g/mol. The van der Waals surface area contributed by atoms with Gasteiger partial charge in [0.05, 0.1) is 17.8 Å². The van der Waals surface area contributed by atoms with Crippen LogP contribution in [0.4, 0.5) is 0 Å². The summed E-state index contributed by atoms with van der Waals surface area (Å²) >= 11 is 1.48.